The Labute approximate surface area is 74.4 Å². The number of likely N-dealkylation sites (tertiary alicyclic amines) is 1. The Bertz CT molecular complexity index is 229. The van der Waals surface area contributed by atoms with Crippen LogP contribution in [0.15, 0.2) is 0 Å². The van der Waals surface area contributed by atoms with Gasteiger partial charge < -0.3 is 20.2 Å². The second kappa shape index (κ2) is 3.71. The van der Waals surface area contributed by atoms with E-state index >= 15 is 0 Å². The van der Waals surface area contributed by atoms with Crippen LogP contribution < -0.4 is 0 Å². The van der Waals surface area contributed by atoms with Crippen LogP contribution in [-0.4, -0.2) is 57.4 Å². The summed E-state index contributed by atoms with van der Waals surface area (Å²) < 4.78 is 0. The van der Waals surface area contributed by atoms with Crippen molar-refractivity contribution in [1.82, 2.24) is 4.90 Å². The Balaban J connectivity index is 2.75. The molecule has 13 heavy (non-hydrogen) atoms. The lowest BCUT2D eigenvalue weighted by Gasteiger charge is -2.21. The fourth-order valence-corrected chi connectivity index (χ4v) is 1.44. The van der Waals surface area contributed by atoms with Crippen LogP contribution in [0.2, 0.25) is 0 Å². The third kappa shape index (κ3) is 1.78. The average Bonchev–Trinajstić information content (AvgIpc) is 2.45. The maximum atomic E-state index is 11.0. The molecule has 0 radical (unpaired) electrons. The molecule has 74 valence electrons. The van der Waals surface area contributed by atoms with Gasteiger partial charge in [0.05, 0.1) is 6.10 Å². The minimum absolute atomic E-state index is 0.178. The maximum Gasteiger partial charge on any atom is 0.329 e. The zero-order chi connectivity index (χ0) is 10.0. The molecule has 1 rings (SSSR count). The van der Waals surface area contributed by atoms with Crippen LogP contribution >= 0.6 is 0 Å². The zero-order valence-corrected chi connectivity index (χ0v) is 6.88. The lowest BCUT2D eigenvalue weighted by Crippen LogP contribution is -2.46. The van der Waals surface area contributed by atoms with Gasteiger partial charge >= 0.3 is 5.97 Å². The van der Waals surface area contributed by atoms with E-state index in [1.165, 1.54) is 0 Å². The first-order chi connectivity index (χ1) is 6.07. The van der Waals surface area contributed by atoms with Crippen molar-refractivity contribution >= 4 is 11.9 Å². The van der Waals surface area contributed by atoms with Gasteiger partial charge in [0.1, 0.15) is 6.61 Å². The lowest BCUT2D eigenvalue weighted by molar-refractivity contribution is -0.152. The van der Waals surface area contributed by atoms with E-state index in [0.29, 0.717) is 0 Å². The van der Waals surface area contributed by atoms with E-state index in [2.05, 4.69) is 0 Å². The Morgan fingerprint density at radius 2 is 2.08 bits per heavy atom. The number of carboxylic acids is 1. The van der Waals surface area contributed by atoms with Crippen molar-refractivity contribution in [3.63, 3.8) is 0 Å². The molecule has 2 atom stereocenters. The number of nitrogens with zero attached hydrogens (tertiary/aromatic N) is 1. The number of amides is 1. The molecule has 1 aliphatic rings. The van der Waals surface area contributed by atoms with E-state index < -0.39 is 30.6 Å². The number of aliphatic hydroxyl groups excluding tert-OH is 2. The van der Waals surface area contributed by atoms with Crippen LogP contribution in [0.4, 0.5) is 0 Å². The van der Waals surface area contributed by atoms with Crippen LogP contribution in [0.25, 0.3) is 0 Å². The molecule has 0 aliphatic carbocycles. The smallest absolute Gasteiger partial charge is 0.329 e. The monoisotopic (exact) mass is 189 g/mol. The highest BCUT2D eigenvalue weighted by molar-refractivity contribution is 5.85. The van der Waals surface area contributed by atoms with Crippen molar-refractivity contribution < 1.29 is 24.9 Å². The third-order valence-electron chi connectivity index (χ3n) is 2.07. The Morgan fingerprint density at radius 3 is 2.54 bits per heavy atom. The van der Waals surface area contributed by atoms with E-state index in [1.807, 2.05) is 0 Å². The summed E-state index contributed by atoms with van der Waals surface area (Å²) in [6, 6.07) is -1.21. The summed E-state index contributed by atoms with van der Waals surface area (Å²) in [5.41, 5.74) is 0. The largest absolute Gasteiger partial charge is 0.480 e. The molecular weight excluding hydrogens is 178 g/mol. The van der Waals surface area contributed by atoms with Crippen LogP contribution in [0.3, 0.4) is 0 Å². The highest BCUT2D eigenvalue weighted by atomic mass is 16.4. The number of carbonyl (C=O) groups excluding carboxylic acids is 1. The molecule has 1 amide bonds. The van der Waals surface area contributed by atoms with Gasteiger partial charge in [-0.3, -0.25) is 4.79 Å². The lowest BCUT2D eigenvalue weighted by atomic mass is 10.2. The predicted molar refractivity (Wildman–Crippen MR) is 40.8 cm³/mol. The van der Waals surface area contributed by atoms with Crippen molar-refractivity contribution in [2.75, 3.05) is 13.2 Å². The number of aliphatic carboxylic acids is 1. The van der Waals surface area contributed by atoms with Crippen molar-refractivity contribution in [1.29, 1.82) is 0 Å². The van der Waals surface area contributed by atoms with Crippen LogP contribution in [0, 0.1) is 0 Å². The molecule has 0 aromatic carbocycles. The number of hydrogen-bond acceptors (Lipinski definition) is 4. The molecule has 0 saturated carbocycles. The summed E-state index contributed by atoms with van der Waals surface area (Å²) in [6.45, 7) is -0.548. The number of rotatable bonds is 2. The first-order valence-corrected chi connectivity index (χ1v) is 3.89. The van der Waals surface area contributed by atoms with Gasteiger partial charge in [-0.05, 0) is 6.42 Å². The molecule has 1 aliphatic heterocycles. The van der Waals surface area contributed by atoms with Gasteiger partial charge in [0, 0.05) is 6.54 Å². The predicted octanol–water partition coefficient (Wildman–Crippen LogP) is -1.97. The second-order valence-corrected chi connectivity index (χ2v) is 2.88. The van der Waals surface area contributed by atoms with Crippen LogP contribution in [-0.2, 0) is 9.59 Å². The molecule has 3 N–H and O–H groups in total. The Kier molecular flexibility index (Phi) is 2.84. The number of carbonyl (C=O) groups is 2. The SMILES string of the molecule is O=C(O)[C@@H]1C(O)CCN1C(=O)CO. The molecule has 1 unspecified atom stereocenters. The van der Waals surface area contributed by atoms with Gasteiger partial charge in [0.15, 0.2) is 6.04 Å². The first-order valence-electron chi connectivity index (χ1n) is 3.89. The van der Waals surface area contributed by atoms with Crippen LogP contribution in [0.1, 0.15) is 6.42 Å². The van der Waals surface area contributed by atoms with E-state index in [1.54, 1.807) is 0 Å². The maximum absolute atomic E-state index is 11.0. The zero-order valence-electron chi connectivity index (χ0n) is 6.88. The van der Waals surface area contributed by atoms with E-state index in [-0.39, 0.29) is 13.0 Å². The normalized spacial score (nSPS) is 27.7. The summed E-state index contributed by atoms with van der Waals surface area (Å²) in [5.74, 6) is -1.91. The highest BCUT2D eigenvalue weighted by Gasteiger charge is 2.40. The van der Waals surface area contributed by atoms with Crippen molar-refractivity contribution in [3.05, 3.63) is 0 Å². The highest BCUT2D eigenvalue weighted by Crippen LogP contribution is 2.17. The summed E-state index contributed by atoms with van der Waals surface area (Å²) in [4.78, 5) is 22.6. The van der Waals surface area contributed by atoms with Crippen molar-refractivity contribution in [2.45, 2.75) is 18.6 Å². The molecular formula is C7H11NO5. The van der Waals surface area contributed by atoms with Gasteiger partial charge in [-0.2, -0.15) is 0 Å². The quantitative estimate of drug-likeness (QED) is 0.468. The van der Waals surface area contributed by atoms with Crippen molar-refractivity contribution in [3.8, 4) is 0 Å². The summed E-state index contributed by atoms with van der Waals surface area (Å²) in [7, 11) is 0. The van der Waals surface area contributed by atoms with E-state index in [4.69, 9.17) is 10.2 Å². The van der Waals surface area contributed by atoms with Gasteiger partial charge in [-0.1, -0.05) is 0 Å². The van der Waals surface area contributed by atoms with Crippen molar-refractivity contribution in [2.24, 2.45) is 0 Å². The molecule has 1 fully saturated rings. The molecule has 0 bridgehead atoms. The number of carboxylic acid groups (broad SMARTS) is 1. The van der Waals surface area contributed by atoms with Gasteiger partial charge in [0.25, 0.3) is 0 Å². The van der Waals surface area contributed by atoms with E-state index in [0.717, 1.165) is 4.90 Å². The minimum Gasteiger partial charge on any atom is -0.480 e. The minimum atomic E-state index is -1.24. The fourth-order valence-electron chi connectivity index (χ4n) is 1.44. The van der Waals surface area contributed by atoms with Gasteiger partial charge in [-0.15, -0.1) is 0 Å². The fraction of sp³-hybridized carbons (Fsp3) is 0.714. The second-order valence-electron chi connectivity index (χ2n) is 2.88. The molecule has 6 heteroatoms. The Hall–Kier alpha value is -1.14. The average molecular weight is 189 g/mol. The summed E-state index contributed by atoms with van der Waals surface area (Å²) in [5, 5.41) is 26.4. The Morgan fingerprint density at radius 1 is 1.46 bits per heavy atom. The molecule has 6 nitrogen and oxygen atoms in total. The number of hydrogen-bond donors (Lipinski definition) is 3. The van der Waals surface area contributed by atoms with Crippen LogP contribution in [0.5, 0.6) is 0 Å². The summed E-state index contributed by atoms with van der Waals surface area (Å²) >= 11 is 0. The topological polar surface area (TPSA) is 98.1 Å². The molecule has 1 saturated heterocycles. The van der Waals surface area contributed by atoms with Gasteiger partial charge in [0.2, 0.25) is 5.91 Å². The molecule has 0 aromatic heterocycles. The third-order valence-corrected chi connectivity index (χ3v) is 2.07. The number of aliphatic hydroxyl groups is 2. The summed E-state index contributed by atoms with van der Waals surface area (Å²) in [6.07, 6.45) is -0.795. The first kappa shape index (κ1) is 9.94. The molecule has 1 heterocycles. The van der Waals surface area contributed by atoms with Gasteiger partial charge in [-0.25, -0.2) is 4.79 Å². The molecule has 0 aromatic rings. The standard InChI is InChI=1S/C7H11NO5/c9-3-5(11)8-2-1-4(10)6(8)7(12)13/h4,6,9-10H,1-3H2,(H,12,13)/t4?,6-/m0/s1. The van der Waals surface area contributed by atoms with E-state index in [9.17, 15) is 14.7 Å². The molecule has 0 spiro atoms.